The largest absolute Gasteiger partial charge is 0.452 e. The number of fused-ring (bicyclic) bond motifs is 2. The van der Waals surface area contributed by atoms with Crippen molar-refractivity contribution in [1.82, 2.24) is 0 Å². The van der Waals surface area contributed by atoms with Crippen molar-refractivity contribution in [3.63, 3.8) is 0 Å². The van der Waals surface area contributed by atoms with Crippen LogP contribution in [0.25, 0.3) is 0 Å². The van der Waals surface area contributed by atoms with Crippen LogP contribution in [0.4, 0.5) is 0 Å². The summed E-state index contributed by atoms with van der Waals surface area (Å²) in [4.78, 5) is 11.1. The molecule has 2 aliphatic rings. The minimum absolute atomic E-state index is 0.0360. The summed E-state index contributed by atoms with van der Waals surface area (Å²) in [5.74, 6) is -0.246. The van der Waals surface area contributed by atoms with Gasteiger partial charge in [0.15, 0.2) is 5.60 Å². The second-order valence-corrected chi connectivity index (χ2v) is 4.29. The summed E-state index contributed by atoms with van der Waals surface area (Å²) in [6, 6.07) is 0. The van der Waals surface area contributed by atoms with Gasteiger partial charge in [0.2, 0.25) is 0 Å². The molecule has 0 N–H and O–H groups in total. The van der Waals surface area contributed by atoms with Crippen LogP contribution in [-0.4, -0.2) is 23.8 Å². The van der Waals surface area contributed by atoms with Crippen LogP contribution < -0.4 is 0 Å². The first-order valence-corrected chi connectivity index (χ1v) is 5.05. The molecule has 2 fully saturated rings. The third-order valence-electron chi connectivity index (χ3n) is 3.21. The van der Waals surface area contributed by atoms with E-state index in [4.69, 9.17) is 9.47 Å². The molecule has 3 nitrogen and oxygen atoms in total. The van der Waals surface area contributed by atoms with Crippen molar-refractivity contribution < 1.29 is 14.3 Å². The summed E-state index contributed by atoms with van der Waals surface area (Å²) in [6.07, 6.45) is 3.14. The fourth-order valence-electron chi connectivity index (χ4n) is 2.57. The van der Waals surface area contributed by atoms with Crippen LogP contribution in [0.2, 0.25) is 0 Å². The van der Waals surface area contributed by atoms with Gasteiger partial charge in [-0.05, 0) is 25.3 Å². The zero-order valence-corrected chi connectivity index (χ0v) is 8.71. The molecule has 3 heteroatoms. The molecule has 0 aromatic heterocycles. The fourth-order valence-corrected chi connectivity index (χ4v) is 2.57. The maximum atomic E-state index is 11.1. The SMILES string of the molecule is C=C(C)C1(OC(C)=O)CC2CCC1O2. The number of carbonyl (C=O) groups is 1. The Morgan fingerprint density at radius 3 is 2.57 bits per heavy atom. The number of esters is 1. The van der Waals surface area contributed by atoms with Gasteiger partial charge in [-0.2, -0.15) is 0 Å². The number of rotatable bonds is 2. The Morgan fingerprint density at radius 2 is 2.21 bits per heavy atom. The molecule has 0 aliphatic carbocycles. The maximum Gasteiger partial charge on any atom is 0.303 e. The second-order valence-electron chi connectivity index (χ2n) is 4.29. The van der Waals surface area contributed by atoms with Crippen LogP contribution in [0.5, 0.6) is 0 Å². The van der Waals surface area contributed by atoms with Gasteiger partial charge in [-0.3, -0.25) is 4.79 Å². The Morgan fingerprint density at radius 1 is 1.50 bits per heavy atom. The van der Waals surface area contributed by atoms with Crippen LogP contribution in [0.1, 0.15) is 33.1 Å². The van der Waals surface area contributed by atoms with Crippen molar-refractivity contribution >= 4 is 5.97 Å². The van der Waals surface area contributed by atoms with Crippen LogP contribution in [0, 0.1) is 0 Å². The van der Waals surface area contributed by atoms with Crippen LogP contribution >= 0.6 is 0 Å². The van der Waals surface area contributed by atoms with Crippen molar-refractivity contribution in [2.45, 2.75) is 50.9 Å². The van der Waals surface area contributed by atoms with Gasteiger partial charge in [0, 0.05) is 13.3 Å². The first-order chi connectivity index (χ1) is 6.54. The minimum Gasteiger partial charge on any atom is -0.452 e. The van der Waals surface area contributed by atoms with Gasteiger partial charge in [-0.25, -0.2) is 0 Å². The van der Waals surface area contributed by atoms with E-state index in [0.29, 0.717) is 0 Å². The summed E-state index contributed by atoms with van der Waals surface area (Å²) in [6.45, 7) is 7.27. The number of hydrogen-bond acceptors (Lipinski definition) is 3. The number of hydrogen-bond donors (Lipinski definition) is 0. The van der Waals surface area contributed by atoms with Crippen LogP contribution in [-0.2, 0) is 14.3 Å². The smallest absolute Gasteiger partial charge is 0.303 e. The number of carbonyl (C=O) groups excluding carboxylic acids is 1. The van der Waals surface area contributed by atoms with E-state index in [-0.39, 0.29) is 18.2 Å². The first kappa shape index (κ1) is 9.71. The number of ether oxygens (including phenoxy) is 2. The van der Waals surface area contributed by atoms with E-state index in [9.17, 15) is 4.79 Å². The summed E-state index contributed by atoms with van der Waals surface area (Å²) >= 11 is 0. The molecule has 0 radical (unpaired) electrons. The summed E-state index contributed by atoms with van der Waals surface area (Å²) in [5.41, 5.74) is 0.370. The lowest BCUT2D eigenvalue weighted by Gasteiger charge is -2.35. The lowest BCUT2D eigenvalue weighted by Crippen LogP contribution is -2.44. The lowest BCUT2D eigenvalue weighted by molar-refractivity contribution is -0.157. The quantitative estimate of drug-likeness (QED) is 0.499. The Labute approximate surface area is 84.1 Å². The Hall–Kier alpha value is -0.830. The molecule has 2 bridgehead atoms. The molecule has 14 heavy (non-hydrogen) atoms. The van der Waals surface area contributed by atoms with Gasteiger partial charge in [0.1, 0.15) is 6.10 Å². The normalized spacial score (nSPS) is 39.9. The molecule has 0 spiro atoms. The average molecular weight is 196 g/mol. The fraction of sp³-hybridized carbons (Fsp3) is 0.727. The van der Waals surface area contributed by atoms with Gasteiger partial charge in [0.25, 0.3) is 0 Å². The Balaban J connectivity index is 2.24. The molecule has 3 atom stereocenters. The molecular formula is C11H16O3. The van der Waals surface area contributed by atoms with E-state index in [1.807, 2.05) is 6.92 Å². The maximum absolute atomic E-state index is 11.1. The minimum atomic E-state index is -0.533. The highest BCUT2D eigenvalue weighted by Gasteiger charge is 2.55. The summed E-state index contributed by atoms with van der Waals surface area (Å²) in [7, 11) is 0. The highest BCUT2D eigenvalue weighted by molar-refractivity contribution is 5.67. The molecule has 2 saturated heterocycles. The summed E-state index contributed by atoms with van der Waals surface area (Å²) < 4.78 is 11.1. The second kappa shape index (κ2) is 3.09. The van der Waals surface area contributed by atoms with Gasteiger partial charge in [0.05, 0.1) is 6.10 Å². The van der Waals surface area contributed by atoms with Gasteiger partial charge in [-0.1, -0.05) is 6.58 Å². The molecule has 0 aromatic rings. The molecule has 78 valence electrons. The van der Waals surface area contributed by atoms with Crippen LogP contribution in [0.15, 0.2) is 12.2 Å². The third kappa shape index (κ3) is 1.27. The average Bonchev–Trinajstić information content (AvgIpc) is 2.61. The zero-order chi connectivity index (χ0) is 10.3. The van der Waals surface area contributed by atoms with E-state index in [2.05, 4.69) is 6.58 Å². The Kier molecular flexibility index (Phi) is 2.14. The van der Waals surface area contributed by atoms with E-state index >= 15 is 0 Å². The topological polar surface area (TPSA) is 35.5 Å². The molecule has 2 aliphatic heterocycles. The molecule has 2 rings (SSSR count). The molecular weight excluding hydrogens is 180 g/mol. The van der Waals surface area contributed by atoms with Crippen molar-refractivity contribution in [2.24, 2.45) is 0 Å². The molecule has 0 saturated carbocycles. The van der Waals surface area contributed by atoms with Crippen LogP contribution in [0.3, 0.4) is 0 Å². The van der Waals surface area contributed by atoms with Crippen molar-refractivity contribution in [2.75, 3.05) is 0 Å². The monoisotopic (exact) mass is 196 g/mol. The predicted molar refractivity (Wildman–Crippen MR) is 51.8 cm³/mol. The van der Waals surface area contributed by atoms with E-state index < -0.39 is 5.60 Å². The van der Waals surface area contributed by atoms with E-state index in [0.717, 1.165) is 24.8 Å². The molecule has 0 aromatic carbocycles. The molecule has 2 heterocycles. The van der Waals surface area contributed by atoms with Crippen molar-refractivity contribution in [3.8, 4) is 0 Å². The van der Waals surface area contributed by atoms with Crippen molar-refractivity contribution in [1.29, 1.82) is 0 Å². The molecule has 3 unspecified atom stereocenters. The zero-order valence-electron chi connectivity index (χ0n) is 8.71. The summed E-state index contributed by atoms with van der Waals surface area (Å²) in [5, 5.41) is 0. The Bertz CT molecular complexity index is 284. The van der Waals surface area contributed by atoms with E-state index in [1.165, 1.54) is 6.92 Å². The predicted octanol–water partition coefficient (Wildman–Crippen LogP) is 1.82. The van der Waals surface area contributed by atoms with Gasteiger partial charge < -0.3 is 9.47 Å². The highest BCUT2D eigenvalue weighted by Crippen LogP contribution is 2.47. The third-order valence-corrected chi connectivity index (χ3v) is 3.21. The molecule has 0 amide bonds. The van der Waals surface area contributed by atoms with Gasteiger partial charge in [-0.15, -0.1) is 0 Å². The van der Waals surface area contributed by atoms with Crippen molar-refractivity contribution in [3.05, 3.63) is 12.2 Å². The first-order valence-electron chi connectivity index (χ1n) is 5.05. The van der Waals surface area contributed by atoms with Gasteiger partial charge >= 0.3 is 5.97 Å². The lowest BCUT2D eigenvalue weighted by atomic mass is 9.80. The van der Waals surface area contributed by atoms with E-state index in [1.54, 1.807) is 0 Å². The highest BCUT2D eigenvalue weighted by atomic mass is 16.6. The standard InChI is InChI=1S/C11H16O3/c1-7(2)11(14-8(3)12)6-9-4-5-10(11)13-9/h9-10H,1,4-6H2,2-3H3.